The van der Waals surface area contributed by atoms with Crippen molar-refractivity contribution in [3.8, 4) is 0 Å². The van der Waals surface area contributed by atoms with E-state index in [0.717, 1.165) is 32.1 Å². The lowest BCUT2D eigenvalue weighted by Gasteiger charge is -2.26. The fraction of sp³-hybridized carbons (Fsp3) is 0.800. The zero-order valence-electron chi connectivity index (χ0n) is 11.5. The van der Waals surface area contributed by atoms with E-state index in [1.165, 1.54) is 6.42 Å². The van der Waals surface area contributed by atoms with Crippen molar-refractivity contribution in [2.45, 2.75) is 66.2 Å². The minimum absolute atomic E-state index is 0.249. The average Bonchev–Trinajstić information content (AvgIpc) is 2.16. The Morgan fingerprint density at radius 1 is 1.25 bits per heavy atom. The molecule has 16 heavy (non-hydrogen) atoms. The van der Waals surface area contributed by atoms with E-state index in [2.05, 4.69) is 34.3 Å². The maximum atomic E-state index is 11.7. The van der Waals surface area contributed by atoms with Crippen LogP contribution < -0.4 is 0 Å². The van der Waals surface area contributed by atoms with E-state index >= 15 is 0 Å². The zero-order valence-corrected chi connectivity index (χ0v) is 11.5. The lowest BCUT2D eigenvalue weighted by atomic mass is 9.79. The molecule has 0 amide bonds. The summed E-state index contributed by atoms with van der Waals surface area (Å²) in [5.74, 6) is 0.911. The number of carbonyl (C=O) groups is 1. The SMILES string of the molecule is C=CCCCCCC(=O)CC(C)C(C)(C)C. The summed E-state index contributed by atoms with van der Waals surface area (Å²) in [6.07, 6.45) is 7.90. The van der Waals surface area contributed by atoms with E-state index in [9.17, 15) is 4.79 Å². The number of hydrogen-bond acceptors (Lipinski definition) is 1. The van der Waals surface area contributed by atoms with Crippen LogP contribution in [0.25, 0.3) is 0 Å². The number of hydrogen-bond donors (Lipinski definition) is 0. The summed E-state index contributed by atoms with van der Waals surface area (Å²) >= 11 is 0. The molecule has 0 N–H and O–H groups in total. The maximum absolute atomic E-state index is 11.7. The second kappa shape index (κ2) is 7.65. The number of Topliss-reactive ketones (excluding diaryl/α,β-unsaturated/α-hetero) is 1. The molecule has 0 saturated heterocycles. The first-order valence-electron chi connectivity index (χ1n) is 6.50. The summed E-state index contributed by atoms with van der Waals surface area (Å²) in [7, 11) is 0. The van der Waals surface area contributed by atoms with Crippen LogP contribution >= 0.6 is 0 Å². The van der Waals surface area contributed by atoms with Gasteiger partial charge in [-0.1, -0.05) is 40.2 Å². The van der Waals surface area contributed by atoms with Crippen LogP contribution in [0.2, 0.25) is 0 Å². The largest absolute Gasteiger partial charge is 0.300 e. The molecule has 0 aliphatic rings. The van der Waals surface area contributed by atoms with E-state index in [0.29, 0.717) is 11.7 Å². The Bertz CT molecular complexity index is 210. The molecular weight excluding hydrogens is 196 g/mol. The molecule has 0 aromatic carbocycles. The Hall–Kier alpha value is -0.590. The molecule has 0 aromatic heterocycles. The Labute approximate surface area is 101 Å². The molecule has 94 valence electrons. The smallest absolute Gasteiger partial charge is 0.133 e. The Morgan fingerprint density at radius 2 is 1.88 bits per heavy atom. The second-order valence-electron chi connectivity index (χ2n) is 5.90. The number of unbranched alkanes of at least 4 members (excludes halogenated alkanes) is 3. The minimum atomic E-state index is 0.249. The van der Waals surface area contributed by atoms with Crippen LogP contribution in [-0.4, -0.2) is 5.78 Å². The number of allylic oxidation sites excluding steroid dienone is 1. The molecule has 0 fully saturated rings. The number of ketones is 1. The molecule has 1 nitrogen and oxygen atoms in total. The highest BCUT2D eigenvalue weighted by Gasteiger charge is 2.21. The molecule has 0 bridgehead atoms. The summed E-state index contributed by atoms with van der Waals surface area (Å²) in [4.78, 5) is 11.7. The zero-order chi connectivity index (χ0) is 12.6. The van der Waals surface area contributed by atoms with Crippen LogP contribution in [0.15, 0.2) is 12.7 Å². The van der Waals surface area contributed by atoms with Gasteiger partial charge in [0.1, 0.15) is 5.78 Å². The predicted octanol–water partition coefficient (Wildman–Crippen LogP) is 4.76. The number of rotatable bonds is 8. The Kier molecular flexibility index (Phi) is 7.36. The van der Waals surface area contributed by atoms with E-state index in [1.807, 2.05) is 6.08 Å². The van der Waals surface area contributed by atoms with Crippen molar-refractivity contribution >= 4 is 5.78 Å². The standard InChI is InChI=1S/C15H28O/c1-6-7-8-9-10-11-14(16)12-13(2)15(3,4)5/h6,13H,1,7-12H2,2-5H3. The van der Waals surface area contributed by atoms with Crippen molar-refractivity contribution in [1.82, 2.24) is 0 Å². The van der Waals surface area contributed by atoms with Gasteiger partial charge in [-0.25, -0.2) is 0 Å². The van der Waals surface area contributed by atoms with Crippen LogP contribution in [0.5, 0.6) is 0 Å². The molecule has 1 unspecified atom stereocenters. The quantitative estimate of drug-likeness (QED) is 0.429. The van der Waals surface area contributed by atoms with Crippen molar-refractivity contribution in [3.05, 3.63) is 12.7 Å². The first-order chi connectivity index (χ1) is 7.38. The Balaban J connectivity index is 3.63. The number of carbonyl (C=O) groups excluding carboxylic acids is 1. The van der Waals surface area contributed by atoms with Crippen molar-refractivity contribution in [2.24, 2.45) is 11.3 Å². The topological polar surface area (TPSA) is 17.1 Å². The van der Waals surface area contributed by atoms with E-state index < -0.39 is 0 Å². The van der Waals surface area contributed by atoms with Crippen molar-refractivity contribution < 1.29 is 4.79 Å². The lowest BCUT2D eigenvalue weighted by Crippen LogP contribution is -2.20. The predicted molar refractivity (Wildman–Crippen MR) is 71.5 cm³/mol. The van der Waals surface area contributed by atoms with Gasteiger partial charge in [0.05, 0.1) is 0 Å². The van der Waals surface area contributed by atoms with E-state index in [4.69, 9.17) is 0 Å². The molecule has 0 aromatic rings. The average molecular weight is 224 g/mol. The molecule has 0 saturated carbocycles. The van der Waals surface area contributed by atoms with Crippen molar-refractivity contribution in [3.63, 3.8) is 0 Å². The summed E-state index contributed by atoms with van der Waals surface area (Å²) in [6.45, 7) is 12.5. The summed E-state index contributed by atoms with van der Waals surface area (Å²) in [5, 5.41) is 0. The molecule has 0 heterocycles. The minimum Gasteiger partial charge on any atom is -0.300 e. The third-order valence-corrected chi connectivity index (χ3v) is 3.38. The van der Waals surface area contributed by atoms with Crippen molar-refractivity contribution in [2.75, 3.05) is 0 Å². The normalized spacial score (nSPS) is 13.5. The van der Waals surface area contributed by atoms with Gasteiger partial charge in [0.15, 0.2) is 0 Å². The van der Waals surface area contributed by atoms with Gasteiger partial charge in [-0.05, 0) is 30.6 Å². The molecule has 0 aliphatic heterocycles. The van der Waals surface area contributed by atoms with E-state index in [-0.39, 0.29) is 5.41 Å². The first-order valence-corrected chi connectivity index (χ1v) is 6.50. The second-order valence-corrected chi connectivity index (χ2v) is 5.90. The Morgan fingerprint density at radius 3 is 2.38 bits per heavy atom. The molecule has 1 atom stereocenters. The van der Waals surface area contributed by atoms with Crippen LogP contribution in [0.3, 0.4) is 0 Å². The highest BCUT2D eigenvalue weighted by Crippen LogP contribution is 2.28. The van der Waals surface area contributed by atoms with Crippen molar-refractivity contribution in [1.29, 1.82) is 0 Å². The highest BCUT2D eigenvalue weighted by molar-refractivity contribution is 5.78. The van der Waals surface area contributed by atoms with Gasteiger partial charge >= 0.3 is 0 Å². The van der Waals surface area contributed by atoms with Gasteiger partial charge in [-0.2, -0.15) is 0 Å². The summed E-state index contributed by atoms with van der Waals surface area (Å²) in [5.41, 5.74) is 0.249. The fourth-order valence-corrected chi connectivity index (χ4v) is 1.54. The molecule has 0 rings (SSSR count). The van der Waals surface area contributed by atoms with Gasteiger partial charge in [-0.3, -0.25) is 4.79 Å². The van der Waals surface area contributed by atoms with Gasteiger partial charge < -0.3 is 0 Å². The molecule has 0 radical (unpaired) electrons. The van der Waals surface area contributed by atoms with Gasteiger partial charge in [0, 0.05) is 12.8 Å². The molecule has 0 spiro atoms. The third kappa shape index (κ3) is 7.67. The molecule has 0 aliphatic carbocycles. The lowest BCUT2D eigenvalue weighted by molar-refractivity contribution is -0.120. The van der Waals surface area contributed by atoms with Crippen LogP contribution in [0.1, 0.15) is 66.2 Å². The van der Waals surface area contributed by atoms with Crippen LogP contribution in [0.4, 0.5) is 0 Å². The summed E-state index contributed by atoms with van der Waals surface area (Å²) in [6, 6.07) is 0. The van der Waals surface area contributed by atoms with Gasteiger partial charge in [0.2, 0.25) is 0 Å². The van der Waals surface area contributed by atoms with Crippen LogP contribution in [-0.2, 0) is 4.79 Å². The monoisotopic (exact) mass is 224 g/mol. The van der Waals surface area contributed by atoms with Crippen LogP contribution in [0, 0.1) is 11.3 Å². The molecular formula is C15H28O. The highest BCUT2D eigenvalue weighted by atomic mass is 16.1. The van der Waals surface area contributed by atoms with Gasteiger partial charge in [-0.15, -0.1) is 6.58 Å². The summed E-state index contributed by atoms with van der Waals surface area (Å²) < 4.78 is 0. The van der Waals surface area contributed by atoms with Gasteiger partial charge in [0.25, 0.3) is 0 Å². The molecule has 1 heteroatoms. The first kappa shape index (κ1) is 15.4. The fourth-order valence-electron chi connectivity index (χ4n) is 1.54. The van der Waals surface area contributed by atoms with E-state index in [1.54, 1.807) is 0 Å². The maximum Gasteiger partial charge on any atom is 0.133 e. The third-order valence-electron chi connectivity index (χ3n) is 3.38.